The number of ether oxygens (including phenoxy) is 1. The maximum atomic E-state index is 12.1. The zero-order valence-corrected chi connectivity index (χ0v) is 8.99. The number of nitrogen functional groups attached to an aromatic ring is 1. The Morgan fingerprint density at radius 3 is 2.56 bits per heavy atom. The number of halogens is 3. The molecular formula is C9H10F3N3O3. The highest BCUT2D eigenvalue weighted by Gasteiger charge is 2.33. The van der Waals surface area contributed by atoms with Crippen LogP contribution in [0.25, 0.3) is 0 Å². The molecule has 0 unspecified atom stereocenters. The van der Waals surface area contributed by atoms with Crippen LogP contribution in [0.3, 0.4) is 0 Å². The predicted octanol–water partition coefficient (Wildman–Crippen LogP) is 0.648. The molecule has 0 fully saturated rings. The minimum absolute atomic E-state index is 0.0810. The van der Waals surface area contributed by atoms with Crippen molar-refractivity contribution in [2.45, 2.75) is 19.3 Å². The van der Waals surface area contributed by atoms with Gasteiger partial charge in [-0.3, -0.25) is 4.79 Å². The molecule has 0 aliphatic carbocycles. The van der Waals surface area contributed by atoms with Gasteiger partial charge in [0.05, 0.1) is 12.0 Å². The van der Waals surface area contributed by atoms with Crippen LogP contribution in [0.15, 0.2) is 6.20 Å². The third kappa shape index (κ3) is 3.48. The van der Waals surface area contributed by atoms with Crippen molar-refractivity contribution in [3.05, 3.63) is 17.3 Å². The van der Waals surface area contributed by atoms with E-state index in [2.05, 4.69) is 9.72 Å². The standard InChI is InChI=1S/C9H10F3N3O3/c10-9(11,12)18-8-5(2-13)7(14)4(3-15-8)1-6(16)17/h3H,1-2,13H2,(H2,14,15)(H,16,17). The van der Waals surface area contributed by atoms with Crippen LogP contribution in [0.2, 0.25) is 0 Å². The van der Waals surface area contributed by atoms with Gasteiger partial charge in [-0.25, -0.2) is 4.98 Å². The molecule has 1 aromatic heterocycles. The quantitative estimate of drug-likeness (QED) is 0.736. The van der Waals surface area contributed by atoms with E-state index in [4.69, 9.17) is 16.6 Å². The number of nitrogens with two attached hydrogens (primary N) is 2. The molecule has 6 nitrogen and oxygen atoms in total. The summed E-state index contributed by atoms with van der Waals surface area (Å²) in [6.45, 7) is -0.349. The van der Waals surface area contributed by atoms with E-state index in [-0.39, 0.29) is 23.4 Å². The molecule has 0 bridgehead atoms. The van der Waals surface area contributed by atoms with E-state index < -0.39 is 24.6 Å². The first-order valence-corrected chi connectivity index (χ1v) is 4.68. The van der Waals surface area contributed by atoms with E-state index in [1.165, 1.54) is 0 Å². The third-order valence-corrected chi connectivity index (χ3v) is 2.03. The Bertz CT molecular complexity index is 462. The second-order valence-corrected chi connectivity index (χ2v) is 3.30. The zero-order valence-electron chi connectivity index (χ0n) is 8.99. The maximum absolute atomic E-state index is 12.1. The first-order chi connectivity index (χ1) is 8.24. The Morgan fingerprint density at radius 1 is 1.50 bits per heavy atom. The van der Waals surface area contributed by atoms with Crippen molar-refractivity contribution in [3.8, 4) is 5.88 Å². The lowest BCUT2D eigenvalue weighted by molar-refractivity contribution is -0.276. The zero-order chi connectivity index (χ0) is 13.9. The van der Waals surface area contributed by atoms with Crippen molar-refractivity contribution < 1.29 is 27.8 Å². The van der Waals surface area contributed by atoms with E-state index in [1.54, 1.807) is 0 Å². The van der Waals surface area contributed by atoms with Crippen LogP contribution < -0.4 is 16.2 Å². The molecule has 1 heterocycles. The Kier molecular flexibility index (Phi) is 3.96. The fraction of sp³-hybridized carbons (Fsp3) is 0.333. The molecule has 0 amide bonds. The second-order valence-electron chi connectivity index (χ2n) is 3.30. The van der Waals surface area contributed by atoms with Gasteiger partial charge in [-0.05, 0) is 0 Å². The fourth-order valence-electron chi connectivity index (χ4n) is 1.29. The SMILES string of the molecule is NCc1c(OC(F)(F)F)ncc(CC(=O)O)c1N. The van der Waals surface area contributed by atoms with Gasteiger partial charge in [0.2, 0.25) is 5.88 Å². The van der Waals surface area contributed by atoms with Crippen LogP contribution in [0, 0.1) is 0 Å². The number of nitrogens with zero attached hydrogens (tertiary/aromatic N) is 1. The summed E-state index contributed by atoms with van der Waals surface area (Å²) in [6, 6.07) is 0. The fourth-order valence-corrected chi connectivity index (χ4v) is 1.29. The summed E-state index contributed by atoms with van der Waals surface area (Å²) in [4.78, 5) is 13.9. The highest BCUT2D eigenvalue weighted by molar-refractivity contribution is 5.73. The molecule has 0 aliphatic heterocycles. The lowest BCUT2D eigenvalue weighted by Gasteiger charge is -2.14. The first-order valence-electron chi connectivity index (χ1n) is 4.68. The van der Waals surface area contributed by atoms with Gasteiger partial charge in [0, 0.05) is 24.0 Å². The minimum atomic E-state index is -4.92. The highest BCUT2D eigenvalue weighted by atomic mass is 19.4. The summed E-state index contributed by atoms with van der Waals surface area (Å²) in [6.07, 6.45) is -4.46. The number of aromatic nitrogens is 1. The van der Waals surface area contributed by atoms with Gasteiger partial charge in [0.1, 0.15) is 0 Å². The summed E-state index contributed by atoms with van der Waals surface area (Å²) in [7, 11) is 0. The van der Waals surface area contributed by atoms with E-state index in [9.17, 15) is 18.0 Å². The molecule has 18 heavy (non-hydrogen) atoms. The Labute approximate surface area is 99.4 Å². The number of alkyl halides is 3. The Morgan fingerprint density at radius 2 is 2.11 bits per heavy atom. The molecule has 0 spiro atoms. The summed E-state index contributed by atoms with van der Waals surface area (Å²) >= 11 is 0. The van der Waals surface area contributed by atoms with Crippen LogP contribution in [-0.4, -0.2) is 22.4 Å². The number of pyridine rings is 1. The number of anilines is 1. The van der Waals surface area contributed by atoms with Crippen molar-refractivity contribution in [1.82, 2.24) is 4.98 Å². The topological polar surface area (TPSA) is 111 Å². The van der Waals surface area contributed by atoms with Crippen molar-refractivity contribution in [2.75, 3.05) is 5.73 Å². The van der Waals surface area contributed by atoms with Crippen molar-refractivity contribution in [2.24, 2.45) is 5.73 Å². The highest BCUT2D eigenvalue weighted by Crippen LogP contribution is 2.29. The molecule has 0 aromatic carbocycles. The van der Waals surface area contributed by atoms with Gasteiger partial charge >= 0.3 is 12.3 Å². The largest absolute Gasteiger partial charge is 0.574 e. The molecule has 0 atom stereocenters. The van der Waals surface area contributed by atoms with Crippen LogP contribution in [0.1, 0.15) is 11.1 Å². The molecule has 0 aliphatic rings. The molecule has 0 saturated carbocycles. The summed E-state index contributed by atoms with van der Waals surface area (Å²) in [5.41, 5.74) is 10.5. The predicted molar refractivity (Wildman–Crippen MR) is 54.6 cm³/mol. The Hall–Kier alpha value is -2.03. The van der Waals surface area contributed by atoms with Gasteiger partial charge in [0.15, 0.2) is 0 Å². The molecule has 1 rings (SSSR count). The molecule has 1 aromatic rings. The second kappa shape index (κ2) is 5.08. The van der Waals surface area contributed by atoms with E-state index in [1.807, 2.05) is 0 Å². The lowest BCUT2D eigenvalue weighted by Crippen LogP contribution is -2.21. The number of aliphatic carboxylic acids is 1. The molecule has 5 N–H and O–H groups in total. The summed E-state index contributed by atoms with van der Waals surface area (Å²) < 4.78 is 39.8. The first kappa shape index (κ1) is 14.0. The number of hydrogen-bond donors (Lipinski definition) is 3. The number of carboxylic acids is 1. The number of carbonyl (C=O) groups is 1. The average molecular weight is 265 g/mol. The Balaban J connectivity index is 3.16. The van der Waals surface area contributed by atoms with Crippen LogP contribution >= 0.6 is 0 Å². The van der Waals surface area contributed by atoms with Crippen molar-refractivity contribution in [1.29, 1.82) is 0 Å². The summed E-state index contributed by atoms with van der Waals surface area (Å²) in [5.74, 6) is -1.95. The van der Waals surface area contributed by atoms with E-state index in [0.717, 1.165) is 6.20 Å². The van der Waals surface area contributed by atoms with E-state index >= 15 is 0 Å². The molecule has 0 saturated heterocycles. The minimum Gasteiger partial charge on any atom is -0.481 e. The van der Waals surface area contributed by atoms with Crippen LogP contribution in [-0.2, 0) is 17.8 Å². The molecule has 9 heteroatoms. The smallest absolute Gasteiger partial charge is 0.481 e. The number of rotatable bonds is 4. The van der Waals surface area contributed by atoms with Crippen molar-refractivity contribution in [3.63, 3.8) is 0 Å². The maximum Gasteiger partial charge on any atom is 0.574 e. The van der Waals surface area contributed by atoms with Crippen LogP contribution in [0.5, 0.6) is 5.88 Å². The lowest BCUT2D eigenvalue weighted by atomic mass is 10.1. The van der Waals surface area contributed by atoms with Gasteiger partial charge < -0.3 is 21.3 Å². The molecule has 100 valence electrons. The summed E-state index contributed by atoms with van der Waals surface area (Å²) in [5, 5.41) is 8.58. The van der Waals surface area contributed by atoms with Gasteiger partial charge in [0.25, 0.3) is 0 Å². The van der Waals surface area contributed by atoms with Crippen molar-refractivity contribution >= 4 is 11.7 Å². The molecule has 0 radical (unpaired) electrons. The van der Waals surface area contributed by atoms with E-state index in [0.29, 0.717) is 0 Å². The van der Waals surface area contributed by atoms with Gasteiger partial charge in [-0.2, -0.15) is 0 Å². The van der Waals surface area contributed by atoms with Gasteiger partial charge in [-0.1, -0.05) is 0 Å². The van der Waals surface area contributed by atoms with Crippen LogP contribution in [0.4, 0.5) is 18.9 Å². The third-order valence-electron chi connectivity index (χ3n) is 2.03. The molecular weight excluding hydrogens is 255 g/mol. The number of hydrogen-bond acceptors (Lipinski definition) is 5. The average Bonchev–Trinajstić information content (AvgIpc) is 2.20. The normalized spacial score (nSPS) is 11.3. The monoisotopic (exact) mass is 265 g/mol. The number of carboxylic acid groups (broad SMARTS) is 1. The van der Waals surface area contributed by atoms with Gasteiger partial charge in [-0.15, -0.1) is 13.2 Å².